The molecule has 1 heterocycles. The quantitative estimate of drug-likeness (QED) is 0.530. The van der Waals surface area contributed by atoms with Crippen molar-refractivity contribution in [3.8, 4) is 5.75 Å². The van der Waals surface area contributed by atoms with Crippen LogP contribution in [0.3, 0.4) is 0 Å². The molecule has 4 N–H and O–H groups in total. The molecular formula is C19H21FN4O6S. The number of nitrogens with zero attached hydrogens (tertiary/aromatic N) is 1. The number of carbonyl (C=O) groups is 2. The molecule has 2 aromatic carbocycles. The van der Waals surface area contributed by atoms with Crippen LogP contribution in [0.5, 0.6) is 5.75 Å². The maximum atomic E-state index is 13.3. The summed E-state index contributed by atoms with van der Waals surface area (Å²) in [5, 5.41) is 16.3. The molecule has 1 unspecified atom stereocenters. The summed E-state index contributed by atoms with van der Waals surface area (Å²) >= 11 is 0. The Labute approximate surface area is 178 Å². The number of carboxylic acid groups (broad SMARTS) is 1. The van der Waals surface area contributed by atoms with E-state index in [9.17, 15) is 22.4 Å². The molecule has 0 bridgehead atoms. The van der Waals surface area contributed by atoms with Crippen LogP contribution in [-0.4, -0.2) is 51.4 Å². The number of rotatable bonds is 6. The third-order valence-corrected chi connectivity index (χ3v) is 6.17. The number of amides is 3. The molecule has 1 atom stereocenters. The average molecular weight is 452 g/mol. The third-order valence-electron chi connectivity index (χ3n) is 4.37. The van der Waals surface area contributed by atoms with E-state index in [1.807, 2.05) is 0 Å². The monoisotopic (exact) mass is 452 g/mol. The van der Waals surface area contributed by atoms with E-state index in [-0.39, 0.29) is 35.1 Å². The summed E-state index contributed by atoms with van der Waals surface area (Å²) < 4.78 is 46.7. The van der Waals surface area contributed by atoms with E-state index in [1.165, 1.54) is 18.2 Å². The number of anilines is 2. The van der Waals surface area contributed by atoms with Crippen molar-refractivity contribution in [2.45, 2.75) is 17.9 Å². The summed E-state index contributed by atoms with van der Waals surface area (Å²) in [5.74, 6) is -0.395. The highest BCUT2D eigenvalue weighted by atomic mass is 32.2. The number of sulfonamides is 1. The van der Waals surface area contributed by atoms with E-state index in [1.54, 1.807) is 6.92 Å². The lowest BCUT2D eigenvalue weighted by atomic mass is 10.2. The first-order chi connectivity index (χ1) is 14.7. The third kappa shape index (κ3) is 5.15. The number of halogens is 1. The van der Waals surface area contributed by atoms with E-state index in [2.05, 4.69) is 16.0 Å². The first-order valence-electron chi connectivity index (χ1n) is 9.31. The molecule has 31 heavy (non-hydrogen) atoms. The zero-order valence-electron chi connectivity index (χ0n) is 16.5. The Morgan fingerprint density at radius 1 is 1.19 bits per heavy atom. The minimum absolute atomic E-state index is 0.0236. The Kier molecular flexibility index (Phi) is 6.49. The lowest BCUT2D eigenvalue weighted by molar-refractivity contribution is 0.192. The van der Waals surface area contributed by atoms with Gasteiger partial charge in [-0.05, 0) is 49.4 Å². The average Bonchev–Trinajstić information content (AvgIpc) is 2.72. The van der Waals surface area contributed by atoms with Gasteiger partial charge in [0.2, 0.25) is 0 Å². The highest BCUT2D eigenvalue weighted by molar-refractivity contribution is 7.92. The fraction of sp³-hybridized carbons (Fsp3) is 0.263. The lowest BCUT2D eigenvalue weighted by Crippen LogP contribution is -2.49. The van der Waals surface area contributed by atoms with Gasteiger partial charge in [0.05, 0.1) is 23.7 Å². The second-order valence-corrected chi connectivity index (χ2v) is 8.45. The summed E-state index contributed by atoms with van der Waals surface area (Å²) in [6.07, 6.45) is -2.03. The van der Waals surface area contributed by atoms with Crippen LogP contribution < -0.4 is 25.0 Å². The van der Waals surface area contributed by atoms with Crippen molar-refractivity contribution in [2.24, 2.45) is 0 Å². The summed E-state index contributed by atoms with van der Waals surface area (Å²) in [6, 6.07) is 8.11. The Morgan fingerprint density at radius 3 is 2.55 bits per heavy atom. The Balaban J connectivity index is 1.97. The number of carbonyl (C=O) groups excluding carboxylic acids is 1. The molecule has 3 rings (SSSR count). The molecule has 0 saturated carbocycles. The molecule has 0 aromatic heterocycles. The molecule has 3 amide bonds. The Morgan fingerprint density at radius 2 is 1.90 bits per heavy atom. The van der Waals surface area contributed by atoms with Crippen LogP contribution in [0.2, 0.25) is 0 Å². The van der Waals surface area contributed by atoms with Crippen molar-refractivity contribution in [3.05, 3.63) is 48.3 Å². The molecule has 0 spiro atoms. The van der Waals surface area contributed by atoms with Crippen molar-refractivity contribution < 1.29 is 32.2 Å². The minimum atomic E-state index is -4.14. The topological polar surface area (TPSA) is 137 Å². The van der Waals surface area contributed by atoms with E-state index in [4.69, 9.17) is 9.84 Å². The van der Waals surface area contributed by atoms with Gasteiger partial charge in [-0.3, -0.25) is 9.62 Å². The highest BCUT2D eigenvalue weighted by Gasteiger charge is 2.35. The van der Waals surface area contributed by atoms with Crippen molar-refractivity contribution in [3.63, 3.8) is 0 Å². The number of fused-ring (bicyclic) bond motifs is 1. The van der Waals surface area contributed by atoms with Crippen molar-refractivity contribution >= 4 is 33.5 Å². The molecular weight excluding hydrogens is 431 g/mol. The summed E-state index contributed by atoms with van der Waals surface area (Å²) in [6.45, 7) is 2.04. The lowest BCUT2D eigenvalue weighted by Gasteiger charge is -2.35. The van der Waals surface area contributed by atoms with Gasteiger partial charge < -0.3 is 20.5 Å². The predicted molar refractivity (Wildman–Crippen MR) is 111 cm³/mol. The van der Waals surface area contributed by atoms with Crippen LogP contribution in [0.25, 0.3) is 0 Å². The number of ether oxygens (including phenoxy) is 1. The van der Waals surface area contributed by atoms with Gasteiger partial charge >= 0.3 is 12.1 Å². The van der Waals surface area contributed by atoms with E-state index >= 15 is 0 Å². The molecule has 2 aromatic rings. The van der Waals surface area contributed by atoms with Crippen LogP contribution in [0.4, 0.5) is 25.4 Å². The minimum Gasteiger partial charge on any atom is -0.484 e. The fourth-order valence-electron chi connectivity index (χ4n) is 3.01. The van der Waals surface area contributed by atoms with Gasteiger partial charge in [-0.25, -0.2) is 22.4 Å². The zero-order chi connectivity index (χ0) is 22.6. The Hall–Kier alpha value is -3.54. The van der Waals surface area contributed by atoms with Gasteiger partial charge in [0.15, 0.2) is 0 Å². The van der Waals surface area contributed by atoms with Crippen LogP contribution in [0, 0.1) is 5.82 Å². The second kappa shape index (κ2) is 9.08. The maximum Gasteiger partial charge on any atom is 0.409 e. The standard InChI is InChI=1S/C19H21FN4O6S/c1-2-21-18(25)22-10-14-11-24(31(28,29)15-6-3-12(20)4-7-15)16-9-13(23-19(26)27)5-8-17(16)30-14/h3-9,14,23H,2,10-11H2,1H3,(H,26,27)(H2,21,22,25). The molecule has 10 nitrogen and oxygen atoms in total. The first-order valence-corrected chi connectivity index (χ1v) is 10.8. The molecule has 0 saturated heterocycles. The van der Waals surface area contributed by atoms with E-state index in [0.717, 1.165) is 28.6 Å². The van der Waals surface area contributed by atoms with Crippen LogP contribution in [0.1, 0.15) is 6.92 Å². The van der Waals surface area contributed by atoms with Gasteiger partial charge in [-0.2, -0.15) is 0 Å². The van der Waals surface area contributed by atoms with Crippen LogP contribution in [-0.2, 0) is 10.0 Å². The smallest absolute Gasteiger partial charge is 0.409 e. The number of urea groups is 1. The molecule has 1 aliphatic heterocycles. The Bertz CT molecular complexity index is 1080. The summed E-state index contributed by atoms with van der Waals surface area (Å²) in [4.78, 5) is 22.5. The van der Waals surface area contributed by atoms with Gasteiger partial charge in [-0.1, -0.05) is 0 Å². The molecule has 12 heteroatoms. The van der Waals surface area contributed by atoms with Crippen molar-refractivity contribution in [1.29, 1.82) is 0 Å². The molecule has 0 radical (unpaired) electrons. The van der Waals surface area contributed by atoms with Crippen molar-refractivity contribution in [1.82, 2.24) is 10.6 Å². The number of hydrogen-bond acceptors (Lipinski definition) is 5. The normalized spacial score (nSPS) is 15.4. The van der Waals surface area contributed by atoms with Crippen LogP contribution >= 0.6 is 0 Å². The van der Waals surface area contributed by atoms with Gasteiger partial charge in [0.1, 0.15) is 17.7 Å². The fourth-order valence-corrected chi connectivity index (χ4v) is 4.51. The maximum absolute atomic E-state index is 13.3. The van der Waals surface area contributed by atoms with Crippen LogP contribution in [0.15, 0.2) is 47.4 Å². The number of hydrogen-bond donors (Lipinski definition) is 4. The SMILES string of the molecule is CCNC(=O)NCC1CN(S(=O)(=O)c2ccc(F)cc2)c2cc(NC(=O)O)ccc2O1. The van der Waals surface area contributed by atoms with Gasteiger partial charge in [-0.15, -0.1) is 0 Å². The summed E-state index contributed by atoms with van der Waals surface area (Å²) in [5.41, 5.74) is 0.262. The largest absolute Gasteiger partial charge is 0.484 e. The first kappa shape index (κ1) is 22.2. The summed E-state index contributed by atoms with van der Waals surface area (Å²) in [7, 11) is -4.14. The highest BCUT2D eigenvalue weighted by Crippen LogP contribution is 2.39. The number of nitrogens with one attached hydrogen (secondary N) is 3. The zero-order valence-corrected chi connectivity index (χ0v) is 17.3. The molecule has 166 valence electrons. The molecule has 0 aliphatic carbocycles. The molecule has 0 fully saturated rings. The molecule has 1 aliphatic rings. The van der Waals surface area contributed by atoms with E-state index in [0.29, 0.717) is 6.54 Å². The van der Waals surface area contributed by atoms with Crippen molar-refractivity contribution in [2.75, 3.05) is 29.3 Å². The number of benzene rings is 2. The van der Waals surface area contributed by atoms with Gasteiger partial charge in [0, 0.05) is 12.2 Å². The predicted octanol–water partition coefficient (Wildman–Crippen LogP) is 2.19. The van der Waals surface area contributed by atoms with E-state index < -0.39 is 34.1 Å². The van der Waals surface area contributed by atoms with Gasteiger partial charge in [0.25, 0.3) is 10.0 Å². The second-order valence-electron chi connectivity index (χ2n) is 6.58.